The third kappa shape index (κ3) is 5.69. The number of nitrogens with zero attached hydrogens (tertiary/aromatic N) is 3. The SMILES string of the molecule is CC[C@@H]1CN(C(=O)OC(C)(C)C)CC[C@H]1Nc1ncc(C(=O)OC)nc1Cl. The van der Waals surface area contributed by atoms with Crippen molar-refractivity contribution >= 4 is 29.5 Å². The lowest BCUT2D eigenvalue weighted by Gasteiger charge is -2.39. The molecule has 0 spiro atoms. The summed E-state index contributed by atoms with van der Waals surface area (Å²) in [5.74, 6) is 0.0379. The maximum atomic E-state index is 12.3. The van der Waals surface area contributed by atoms with Crippen molar-refractivity contribution in [2.45, 2.75) is 52.2 Å². The van der Waals surface area contributed by atoms with E-state index in [9.17, 15) is 9.59 Å². The molecule has 1 aromatic rings. The quantitative estimate of drug-likeness (QED) is 0.777. The molecule has 0 aliphatic carbocycles. The van der Waals surface area contributed by atoms with E-state index in [4.69, 9.17) is 16.3 Å². The number of rotatable bonds is 4. The zero-order chi connectivity index (χ0) is 20.2. The number of carbonyl (C=O) groups is 2. The van der Waals surface area contributed by atoms with Crippen LogP contribution in [0.4, 0.5) is 10.6 Å². The number of ether oxygens (including phenoxy) is 2. The Kier molecular flexibility index (Phi) is 6.86. The van der Waals surface area contributed by atoms with Crippen molar-refractivity contribution in [3.8, 4) is 0 Å². The van der Waals surface area contributed by atoms with Crippen molar-refractivity contribution in [3.05, 3.63) is 17.0 Å². The second-order valence-corrected chi connectivity index (χ2v) is 7.88. The third-order valence-electron chi connectivity index (χ3n) is 4.36. The lowest BCUT2D eigenvalue weighted by molar-refractivity contribution is 0.0153. The van der Waals surface area contributed by atoms with Gasteiger partial charge in [0.1, 0.15) is 5.60 Å². The van der Waals surface area contributed by atoms with E-state index in [1.165, 1.54) is 13.3 Å². The first-order valence-corrected chi connectivity index (χ1v) is 9.37. The first-order chi connectivity index (χ1) is 12.6. The molecule has 1 fully saturated rings. The molecule has 1 aliphatic rings. The fourth-order valence-corrected chi connectivity index (χ4v) is 3.16. The molecule has 27 heavy (non-hydrogen) atoms. The van der Waals surface area contributed by atoms with E-state index in [0.29, 0.717) is 18.9 Å². The largest absolute Gasteiger partial charge is 0.464 e. The zero-order valence-corrected chi connectivity index (χ0v) is 17.2. The molecule has 2 heterocycles. The van der Waals surface area contributed by atoms with E-state index in [1.807, 2.05) is 20.8 Å². The van der Waals surface area contributed by atoms with E-state index in [2.05, 4.69) is 26.9 Å². The Labute approximate surface area is 164 Å². The summed E-state index contributed by atoms with van der Waals surface area (Å²) in [5.41, 5.74) is -0.460. The predicted molar refractivity (Wildman–Crippen MR) is 102 cm³/mol. The Morgan fingerprint density at radius 1 is 1.41 bits per heavy atom. The second-order valence-electron chi connectivity index (χ2n) is 7.52. The minimum atomic E-state index is -0.590. The van der Waals surface area contributed by atoms with Gasteiger partial charge in [0.05, 0.1) is 13.3 Å². The molecule has 2 rings (SSSR count). The summed E-state index contributed by atoms with van der Waals surface area (Å²) in [4.78, 5) is 33.8. The monoisotopic (exact) mass is 398 g/mol. The number of esters is 1. The van der Waals surface area contributed by atoms with Gasteiger partial charge in [0, 0.05) is 19.1 Å². The molecule has 2 atom stereocenters. The van der Waals surface area contributed by atoms with Crippen LogP contribution in [0.3, 0.4) is 0 Å². The average Bonchev–Trinajstić information content (AvgIpc) is 2.61. The minimum Gasteiger partial charge on any atom is -0.464 e. The maximum absolute atomic E-state index is 12.3. The number of methoxy groups -OCH3 is 1. The molecular formula is C18H27ClN4O4. The molecule has 0 radical (unpaired) electrons. The number of halogens is 1. The Bertz CT molecular complexity index is 692. The van der Waals surface area contributed by atoms with Crippen LogP contribution in [0.25, 0.3) is 0 Å². The fraction of sp³-hybridized carbons (Fsp3) is 0.667. The maximum Gasteiger partial charge on any atom is 0.410 e. The van der Waals surface area contributed by atoms with E-state index in [-0.39, 0.29) is 28.9 Å². The first kappa shape index (κ1) is 21.2. The van der Waals surface area contributed by atoms with Gasteiger partial charge in [-0.25, -0.2) is 19.6 Å². The number of hydrogen-bond donors (Lipinski definition) is 1. The molecule has 0 unspecified atom stereocenters. The van der Waals surface area contributed by atoms with Gasteiger partial charge < -0.3 is 19.7 Å². The highest BCUT2D eigenvalue weighted by atomic mass is 35.5. The molecule has 1 amide bonds. The molecule has 9 heteroatoms. The summed E-state index contributed by atoms with van der Waals surface area (Å²) >= 11 is 6.16. The number of anilines is 1. The number of piperidine rings is 1. The van der Waals surface area contributed by atoms with Crippen LogP contribution >= 0.6 is 11.6 Å². The van der Waals surface area contributed by atoms with Crippen LogP contribution in [-0.4, -0.2) is 58.8 Å². The van der Waals surface area contributed by atoms with Gasteiger partial charge in [-0.2, -0.15) is 0 Å². The van der Waals surface area contributed by atoms with E-state index >= 15 is 0 Å². The van der Waals surface area contributed by atoms with E-state index < -0.39 is 11.6 Å². The van der Waals surface area contributed by atoms with Crippen molar-refractivity contribution in [2.24, 2.45) is 5.92 Å². The number of carbonyl (C=O) groups excluding carboxylic acids is 2. The molecule has 1 saturated heterocycles. The van der Waals surface area contributed by atoms with E-state index in [1.54, 1.807) is 4.90 Å². The van der Waals surface area contributed by atoms with Crippen LogP contribution in [0.15, 0.2) is 6.20 Å². The fourth-order valence-electron chi connectivity index (χ4n) is 2.97. The first-order valence-electron chi connectivity index (χ1n) is 9.00. The van der Waals surface area contributed by atoms with Gasteiger partial charge in [-0.1, -0.05) is 18.5 Å². The minimum absolute atomic E-state index is 0.0554. The summed E-state index contributed by atoms with van der Waals surface area (Å²) in [5, 5.41) is 3.42. The smallest absolute Gasteiger partial charge is 0.410 e. The van der Waals surface area contributed by atoms with Crippen molar-refractivity contribution in [3.63, 3.8) is 0 Å². The lowest BCUT2D eigenvalue weighted by atomic mass is 9.90. The van der Waals surface area contributed by atoms with Gasteiger partial charge in [0.25, 0.3) is 0 Å². The molecule has 1 N–H and O–H groups in total. The van der Waals surface area contributed by atoms with Crippen LogP contribution in [0.5, 0.6) is 0 Å². The highest BCUT2D eigenvalue weighted by Gasteiger charge is 2.33. The Balaban J connectivity index is 2.04. The van der Waals surface area contributed by atoms with Crippen LogP contribution in [-0.2, 0) is 9.47 Å². The highest BCUT2D eigenvalue weighted by Crippen LogP contribution is 2.27. The predicted octanol–water partition coefficient (Wildman–Crippen LogP) is 3.36. The van der Waals surface area contributed by atoms with Crippen molar-refractivity contribution in [2.75, 3.05) is 25.5 Å². The Hall–Kier alpha value is -2.09. The second kappa shape index (κ2) is 8.73. The lowest BCUT2D eigenvalue weighted by Crippen LogP contribution is -2.49. The van der Waals surface area contributed by atoms with Crippen LogP contribution in [0.1, 0.15) is 51.0 Å². The Morgan fingerprint density at radius 2 is 2.11 bits per heavy atom. The molecule has 8 nitrogen and oxygen atoms in total. The molecule has 1 aliphatic heterocycles. The van der Waals surface area contributed by atoms with Crippen LogP contribution in [0.2, 0.25) is 5.15 Å². The summed E-state index contributed by atoms with van der Waals surface area (Å²) in [6, 6.07) is 0.0875. The third-order valence-corrected chi connectivity index (χ3v) is 4.62. The summed E-state index contributed by atoms with van der Waals surface area (Å²) < 4.78 is 10.1. The van der Waals surface area contributed by atoms with Gasteiger partial charge in [-0.15, -0.1) is 0 Å². The topological polar surface area (TPSA) is 93.7 Å². The summed E-state index contributed by atoms with van der Waals surface area (Å²) in [6.45, 7) is 8.81. The average molecular weight is 399 g/mol. The number of amides is 1. The number of aromatic nitrogens is 2. The number of hydrogen-bond acceptors (Lipinski definition) is 7. The Morgan fingerprint density at radius 3 is 2.67 bits per heavy atom. The van der Waals surface area contributed by atoms with Crippen molar-refractivity contribution < 1.29 is 19.1 Å². The number of nitrogens with one attached hydrogen (secondary N) is 1. The molecule has 0 saturated carbocycles. The van der Waals surface area contributed by atoms with Crippen molar-refractivity contribution in [1.29, 1.82) is 0 Å². The highest BCUT2D eigenvalue weighted by molar-refractivity contribution is 6.31. The van der Waals surface area contributed by atoms with Gasteiger partial charge in [0.15, 0.2) is 16.7 Å². The zero-order valence-electron chi connectivity index (χ0n) is 16.4. The van der Waals surface area contributed by atoms with Gasteiger partial charge in [-0.05, 0) is 39.5 Å². The molecular weight excluding hydrogens is 372 g/mol. The molecule has 1 aromatic heterocycles. The van der Waals surface area contributed by atoms with Gasteiger partial charge in [-0.3, -0.25) is 0 Å². The normalized spacial score (nSPS) is 20.1. The van der Waals surface area contributed by atoms with Gasteiger partial charge in [0.2, 0.25) is 0 Å². The summed E-state index contributed by atoms with van der Waals surface area (Å²) in [6.07, 6.45) is 2.65. The standard InChI is InChI=1S/C18H27ClN4O4/c1-6-11-10-23(17(25)27-18(2,3)4)8-7-12(11)22-15-14(19)21-13(9-20-15)16(24)26-5/h9,11-12H,6-8,10H2,1-5H3,(H,20,22)/t11-,12-/m1/s1. The van der Waals surface area contributed by atoms with E-state index in [0.717, 1.165) is 12.8 Å². The van der Waals surface area contributed by atoms with Crippen LogP contribution < -0.4 is 5.32 Å². The molecule has 0 bridgehead atoms. The van der Waals surface area contributed by atoms with Gasteiger partial charge >= 0.3 is 12.1 Å². The van der Waals surface area contributed by atoms with Crippen LogP contribution in [0, 0.1) is 5.92 Å². The molecule has 0 aromatic carbocycles. The summed E-state index contributed by atoms with van der Waals surface area (Å²) in [7, 11) is 1.27. The number of likely N-dealkylation sites (tertiary alicyclic amines) is 1. The van der Waals surface area contributed by atoms with Crippen molar-refractivity contribution in [1.82, 2.24) is 14.9 Å². The molecule has 150 valence electrons.